The number of carbonyl (C=O) groups excluding carboxylic acids is 1. The van der Waals surface area contributed by atoms with Gasteiger partial charge in [-0.1, -0.05) is 24.3 Å². The quantitative estimate of drug-likeness (QED) is 0.422. The minimum absolute atomic E-state index is 0.322. The average molecular weight is 391 g/mol. The maximum Gasteiger partial charge on any atom is 0.273 e. The molecule has 0 atom stereocenters. The van der Waals surface area contributed by atoms with Gasteiger partial charge in [-0.15, -0.1) is 4.83 Å². The summed E-state index contributed by atoms with van der Waals surface area (Å²) in [5.74, 6) is -0.180. The van der Waals surface area contributed by atoms with Crippen molar-refractivity contribution in [2.75, 3.05) is 7.11 Å². The molecule has 9 nitrogen and oxygen atoms in total. The van der Waals surface area contributed by atoms with Crippen LogP contribution in [0, 0.1) is 17.0 Å². The van der Waals surface area contributed by atoms with Gasteiger partial charge in [0.1, 0.15) is 5.75 Å². The highest BCUT2D eigenvalue weighted by Gasteiger charge is 2.20. The predicted octanol–water partition coefficient (Wildman–Crippen LogP) is 1.93. The first-order chi connectivity index (χ1) is 12.7. The van der Waals surface area contributed by atoms with Crippen molar-refractivity contribution in [1.82, 2.24) is 10.3 Å². The highest BCUT2D eigenvalue weighted by atomic mass is 32.2. The van der Waals surface area contributed by atoms with E-state index >= 15 is 0 Å². The van der Waals surface area contributed by atoms with E-state index in [0.29, 0.717) is 16.9 Å². The molecule has 27 heavy (non-hydrogen) atoms. The molecule has 0 aromatic heterocycles. The topological polar surface area (TPSA) is 128 Å². The van der Waals surface area contributed by atoms with E-state index in [4.69, 9.17) is 4.74 Å². The summed E-state index contributed by atoms with van der Waals surface area (Å²) < 4.78 is 29.6. The van der Waals surface area contributed by atoms with Crippen LogP contribution in [-0.2, 0) is 14.8 Å². The van der Waals surface area contributed by atoms with Crippen LogP contribution < -0.4 is 15.0 Å². The molecule has 0 aliphatic carbocycles. The number of nitrogens with zero attached hydrogens (tertiary/aromatic N) is 1. The second kappa shape index (κ2) is 8.43. The summed E-state index contributed by atoms with van der Waals surface area (Å²) in [5.41, 5.74) is 2.64. The second-order valence-electron chi connectivity index (χ2n) is 5.38. The zero-order chi connectivity index (χ0) is 20.0. The van der Waals surface area contributed by atoms with Gasteiger partial charge in [0.05, 0.1) is 16.9 Å². The number of amides is 1. The highest BCUT2D eigenvalue weighted by molar-refractivity contribution is 7.89. The molecule has 0 saturated heterocycles. The van der Waals surface area contributed by atoms with Crippen molar-refractivity contribution >= 4 is 27.7 Å². The molecule has 0 aliphatic rings. The van der Waals surface area contributed by atoms with Crippen LogP contribution in [0.5, 0.6) is 5.75 Å². The molecule has 0 spiro atoms. The van der Waals surface area contributed by atoms with E-state index in [2.05, 4.69) is 0 Å². The number of nitrogens with one attached hydrogen (secondary N) is 2. The number of carbonyl (C=O) groups is 1. The Hall–Kier alpha value is -3.24. The number of aryl methyl sites for hydroxylation is 1. The Bertz CT molecular complexity index is 1000. The molecule has 10 heteroatoms. The maximum absolute atomic E-state index is 12.2. The summed E-state index contributed by atoms with van der Waals surface area (Å²) >= 11 is 0. The molecule has 0 heterocycles. The van der Waals surface area contributed by atoms with E-state index in [1.165, 1.54) is 32.2 Å². The van der Waals surface area contributed by atoms with Crippen LogP contribution in [0.1, 0.15) is 11.1 Å². The van der Waals surface area contributed by atoms with Crippen LogP contribution in [0.2, 0.25) is 0 Å². The summed E-state index contributed by atoms with van der Waals surface area (Å²) in [6.45, 7) is 1.49. The van der Waals surface area contributed by atoms with E-state index in [1.807, 2.05) is 10.3 Å². The number of methoxy groups -OCH3 is 1. The minimum atomic E-state index is -4.17. The fourth-order valence-electron chi connectivity index (χ4n) is 2.14. The Kier molecular flexibility index (Phi) is 6.27. The number of benzene rings is 2. The number of ether oxygens (including phenoxy) is 1. The molecule has 0 fully saturated rings. The van der Waals surface area contributed by atoms with E-state index in [0.717, 1.165) is 12.1 Å². The summed E-state index contributed by atoms with van der Waals surface area (Å²) in [5, 5.41) is 10.9. The molecule has 0 radical (unpaired) electrons. The summed E-state index contributed by atoms with van der Waals surface area (Å²) in [4.78, 5) is 23.7. The van der Waals surface area contributed by atoms with E-state index in [9.17, 15) is 23.3 Å². The molecule has 2 aromatic rings. The SMILES string of the molecule is COc1ccccc1/C=C/C(=O)NNS(=O)(=O)c1ccc(C)c([N+](=O)[O-])c1. The zero-order valence-corrected chi connectivity index (χ0v) is 15.3. The van der Waals surface area contributed by atoms with Crippen molar-refractivity contribution in [2.24, 2.45) is 0 Å². The van der Waals surface area contributed by atoms with Gasteiger partial charge in [-0.25, -0.2) is 8.42 Å². The molecule has 2 rings (SSSR count). The van der Waals surface area contributed by atoms with Crippen molar-refractivity contribution < 1.29 is 22.9 Å². The van der Waals surface area contributed by atoms with Crippen molar-refractivity contribution in [1.29, 1.82) is 0 Å². The van der Waals surface area contributed by atoms with Crippen LogP contribution in [0.4, 0.5) is 5.69 Å². The monoisotopic (exact) mass is 391 g/mol. The van der Waals surface area contributed by atoms with Gasteiger partial charge in [0, 0.05) is 23.3 Å². The Morgan fingerprint density at radius 3 is 2.59 bits per heavy atom. The number of para-hydroxylation sites is 1. The van der Waals surface area contributed by atoms with Gasteiger partial charge < -0.3 is 4.74 Å². The molecular formula is C17H17N3O6S. The predicted molar refractivity (Wildman–Crippen MR) is 98.3 cm³/mol. The van der Waals surface area contributed by atoms with Gasteiger partial charge in [-0.05, 0) is 25.1 Å². The van der Waals surface area contributed by atoms with Gasteiger partial charge in [-0.2, -0.15) is 0 Å². The van der Waals surface area contributed by atoms with Gasteiger partial charge in [0.25, 0.3) is 21.6 Å². The summed E-state index contributed by atoms with van der Waals surface area (Å²) in [7, 11) is -2.68. The van der Waals surface area contributed by atoms with Gasteiger partial charge in [-0.3, -0.25) is 20.3 Å². The third-order valence-electron chi connectivity index (χ3n) is 3.55. The first-order valence-corrected chi connectivity index (χ1v) is 9.11. The molecule has 2 aromatic carbocycles. The molecule has 1 amide bonds. The molecule has 2 N–H and O–H groups in total. The molecule has 142 valence electrons. The Balaban J connectivity index is 2.09. The van der Waals surface area contributed by atoms with Crippen molar-refractivity contribution in [3.05, 3.63) is 69.8 Å². The van der Waals surface area contributed by atoms with Gasteiger partial charge in [0.15, 0.2) is 0 Å². The minimum Gasteiger partial charge on any atom is -0.496 e. The van der Waals surface area contributed by atoms with Crippen LogP contribution in [0.25, 0.3) is 6.08 Å². The first kappa shape index (κ1) is 20.1. The third-order valence-corrected chi connectivity index (χ3v) is 4.79. The van der Waals surface area contributed by atoms with Crippen molar-refractivity contribution in [3.63, 3.8) is 0 Å². The van der Waals surface area contributed by atoms with Crippen molar-refractivity contribution in [2.45, 2.75) is 11.8 Å². The van der Waals surface area contributed by atoms with Crippen molar-refractivity contribution in [3.8, 4) is 5.75 Å². The van der Waals surface area contributed by atoms with Crippen LogP contribution in [0.3, 0.4) is 0 Å². The van der Waals surface area contributed by atoms with E-state index in [-0.39, 0.29) is 10.6 Å². The number of rotatable bonds is 7. The maximum atomic E-state index is 12.2. The highest BCUT2D eigenvalue weighted by Crippen LogP contribution is 2.22. The molecule has 0 unspecified atom stereocenters. The smallest absolute Gasteiger partial charge is 0.273 e. The van der Waals surface area contributed by atoms with Crippen LogP contribution >= 0.6 is 0 Å². The fraction of sp³-hybridized carbons (Fsp3) is 0.118. The van der Waals surface area contributed by atoms with Crippen LogP contribution in [-0.4, -0.2) is 26.4 Å². The molecular weight excluding hydrogens is 374 g/mol. The number of hydrazine groups is 1. The lowest BCUT2D eigenvalue weighted by Gasteiger charge is -2.08. The summed E-state index contributed by atoms with van der Waals surface area (Å²) in [6, 6.07) is 10.4. The normalized spacial score (nSPS) is 11.3. The largest absolute Gasteiger partial charge is 0.496 e. The lowest BCUT2D eigenvalue weighted by molar-refractivity contribution is -0.385. The van der Waals surface area contributed by atoms with Gasteiger partial charge >= 0.3 is 0 Å². The number of hydrogen-bond donors (Lipinski definition) is 2. The molecule has 0 bridgehead atoms. The van der Waals surface area contributed by atoms with Crippen LogP contribution in [0.15, 0.2) is 53.4 Å². The first-order valence-electron chi connectivity index (χ1n) is 7.62. The Morgan fingerprint density at radius 1 is 1.22 bits per heavy atom. The standard InChI is InChI=1S/C17H17N3O6S/c1-12-7-9-14(11-15(12)20(22)23)27(24,25)19-18-17(21)10-8-13-5-3-4-6-16(13)26-2/h3-11,19H,1-2H3,(H,18,21)/b10-8+. The molecule has 0 saturated carbocycles. The summed E-state index contributed by atoms with van der Waals surface area (Å²) in [6.07, 6.45) is 2.58. The average Bonchev–Trinajstić information content (AvgIpc) is 2.65. The van der Waals surface area contributed by atoms with Gasteiger partial charge in [0.2, 0.25) is 0 Å². The number of hydrogen-bond acceptors (Lipinski definition) is 6. The Morgan fingerprint density at radius 2 is 1.93 bits per heavy atom. The van der Waals surface area contributed by atoms with E-state index in [1.54, 1.807) is 24.3 Å². The molecule has 0 aliphatic heterocycles. The number of nitro groups is 1. The lowest BCUT2D eigenvalue weighted by Crippen LogP contribution is -2.40. The zero-order valence-electron chi connectivity index (χ0n) is 14.5. The van der Waals surface area contributed by atoms with E-state index < -0.39 is 20.9 Å². The lowest BCUT2D eigenvalue weighted by atomic mass is 10.2. The third kappa shape index (κ3) is 5.12. The Labute approximate surface area is 155 Å². The number of sulfonamides is 1. The fourth-order valence-corrected chi connectivity index (χ4v) is 3.01. The number of nitro benzene ring substituents is 1. The second-order valence-corrected chi connectivity index (χ2v) is 7.06.